The molecule has 0 radical (unpaired) electrons. The highest BCUT2D eigenvalue weighted by Crippen LogP contribution is 2.17. The Morgan fingerprint density at radius 1 is 1.28 bits per heavy atom. The molecule has 1 atom stereocenters. The predicted molar refractivity (Wildman–Crippen MR) is 74.7 cm³/mol. The number of hydrogen-bond acceptors (Lipinski definition) is 2. The molecule has 1 aliphatic rings. The first-order valence-corrected chi connectivity index (χ1v) is 6.98. The van der Waals surface area contributed by atoms with E-state index in [0.717, 1.165) is 18.5 Å². The average molecular weight is 243 g/mol. The summed E-state index contributed by atoms with van der Waals surface area (Å²) in [5, 5.41) is 3.65. The second-order valence-electron chi connectivity index (χ2n) is 5.28. The normalized spacial score (nSPS) is 21.1. The minimum absolute atomic E-state index is 0.600. The van der Waals surface area contributed by atoms with Gasteiger partial charge in [0.05, 0.1) is 11.0 Å². The number of benzene rings is 1. The fourth-order valence-corrected chi connectivity index (χ4v) is 2.87. The summed E-state index contributed by atoms with van der Waals surface area (Å²) in [7, 11) is 2.13. The smallest absolute Gasteiger partial charge is 0.111 e. The Kier molecular flexibility index (Phi) is 3.33. The van der Waals surface area contributed by atoms with E-state index in [2.05, 4.69) is 41.2 Å². The van der Waals surface area contributed by atoms with Crippen molar-refractivity contribution in [3.63, 3.8) is 0 Å². The zero-order valence-electron chi connectivity index (χ0n) is 11.0. The van der Waals surface area contributed by atoms with Gasteiger partial charge < -0.3 is 9.88 Å². The summed E-state index contributed by atoms with van der Waals surface area (Å²) in [5.41, 5.74) is 2.35. The van der Waals surface area contributed by atoms with Crippen LogP contribution in [0.15, 0.2) is 24.3 Å². The molecule has 0 bridgehead atoms. The van der Waals surface area contributed by atoms with Crippen molar-refractivity contribution in [3.8, 4) is 0 Å². The van der Waals surface area contributed by atoms with Gasteiger partial charge in [-0.25, -0.2) is 4.98 Å². The number of hydrogen-bond donors (Lipinski definition) is 1. The minimum atomic E-state index is 0.600. The van der Waals surface area contributed by atoms with Crippen LogP contribution in [0.3, 0.4) is 0 Å². The van der Waals surface area contributed by atoms with E-state index in [9.17, 15) is 0 Å². The molecule has 0 amide bonds. The third-order valence-electron chi connectivity index (χ3n) is 3.97. The molecule has 1 aromatic heterocycles. The maximum absolute atomic E-state index is 4.76. The summed E-state index contributed by atoms with van der Waals surface area (Å²) < 4.78 is 2.24. The van der Waals surface area contributed by atoms with Crippen LogP contribution >= 0.6 is 0 Å². The average Bonchev–Trinajstić information content (AvgIpc) is 2.58. The van der Waals surface area contributed by atoms with E-state index in [1.54, 1.807) is 0 Å². The second kappa shape index (κ2) is 5.11. The fourth-order valence-electron chi connectivity index (χ4n) is 2.87. The fraction of sp³-hybridized carbons (Fsp3) is 0.533. The minimum Gasteiger partial charge on any atom is -0.331 e. The molecule has 18 heavy (non-hydrogen) atoms. The quantitative estimate of drug-likeness (QED) is 0.878. The van der Waals surface area contributed by atoms with Crippen LogP contribution in [0.25, 0.3) is 11.0 Å². The first-order chi connectivity index (χ1) is 8.84. The summed E-state index contributed by atoms with van der Waals surface area (Å²) in [5.74, 6) is 1.20. The Balaban J connectivity index is 1.83. The number of para-hydroxylation sites is 2. The van der Waals surface area contributed by atoms with Gasteiger partial charge >= 0.3 is 0 Å². The third kappa shape index (κ3) is 2.27. The van der Waals surface area contributed by atoms with Crippen molar-refractivity contribution >= 4 is 11.0 Å². The maximum Gasteiger partial charge on any atom is 0.111 e. The van der Waals surface area contributed by atoms with Crippen LogP contribution in [-0.4, -0.2) is 22.1 Å². The molecule has 1 unspecified atom stereocenters. The lowest BCUT2D eigenvalue weighted by molar-refractivity contribution is 0.492. The highest BCUT2D eigenvalue weighted by molar-refractivity contribution is 5.75. The van der Waals surface area contributed by atoms with Crippen LogP contribution < -0.4 is 5.32 Å². The number of nitrogens with one attached hydrogen (secondary N) is 1. The zero-order valence-corrected chi connectivity index (χ0v) is 11.0. The molecule has 1 saturated heterocycles. The number of imidazole rings is 1. The first-order valence-electron chi connectivity index (χ1n) is 6.98. The molecule has 3 rings (SSSR count). The van der Waals surface area contributed by atoms with Crippen LogP contribution in [0, 0.1) is 0 Å². The molecule has 1 aliphatic heterocycles. The van der Waals surface area contributed by atoms with Crippen LogP contribution in [0.5, 0.6) is 0 Å². The number of aromatic nitrogens is 2. The largest absolute Gasteiger partial charge is 0.331 e. The summed E-state index contributed by atoms with van der Waals surface area (Å²) in [6.45, 7) is 1.16. The van der Waals surface area contributed by atoms with E-state index >= 15 is 0 Å². The van der Waals surface area contributed by atoms with Gasteiger partial charge in [0.2, 0.25) is 0 Å². The van der Waals surface area contributed by atoms with Crippen LogP contribution in [0.1, 0.15) is 31.5 Å². The van der Waals surface area contributed by atoms with Crippen LogP contribution in [-0.2, 0) is 13.5 Å². The van der Waals surface area contributed by atoms with E-state index in [0.29, 0.717) is 6.04 Å². The lowest BCUT2D eigenvalue weighted by atomic mass is 10.1. The van der Waals surface area contributed by atoms with E-state index in [4.69, 9.17) is 4.98 Å². The molecular weight excluding hydrogens is 222 g/mol. The van der Waals surface area contributed by atoms with Gasteiger partial charge in [-0.1, -0.05) is 25.0 Å². The summed E-state index contributed by atoms with van der Waals surface area (Å²) >= 11 is 0. The molecule has 0 spiro atoms. The van der Waals surface area contributed by atoms with Gasteiger partial charge in [-0.15, -0.1) is 0 Å². The standard InChI is InChI=1S/C15H21N3/c1-18-14-9-5-4-8-13(14)17-15(18)11-12-7-3-2-6-10-16-12/h4-5,8-9,12,16H,2-3,6-7,10-11H2,1H3. The van der Waals surface area contributed by atoms with E-state index in [1.165, 1.54) is 37.0 Å². The van der Waals surface area contributed by atoms with E-state index < -0.39 is 0 Å². The summed E-state index contributed by atoms with van der Waals surface area (Å²) in [6, 6.07) is 8.98. The van der Waals surface area contributed by atoms with Crippen molar-refractivity contribution in [2.24, 2.45) is 7.05 Å². The Morgan fingerprint density at radius 2 is 2.17 bits per heavy atom. The Bertz CT molecular complexity index is 522. The van der Waals surface area contributed by atoms with Crippen LogP contribution in [0.2, 0.25) is 0 Å². The molecule has 1 aromatic carbocycles. The van der Waals surface area contributed by atoms with E-state index in [1.807, 2.05) is 0 Å². The zero-order chi connectivity index (χ0) is 12.4. The third-order valence-corrected chi connectivity index (χ3v) is 3.97. The number of fused-ring (bicyclic) bond motifs is 1. The molecule has 1 fully saturated rings. The molecule has 3 heteroatoms. The number of rotatable bonds is 2. The molecule has 96 valence electrons. The van der Waals surface area contributed by atoms with Crippen molar-refractivity contribution in [1.29, 1.82) is 0 Å². The van der Waals surface area contributed by atoms with Gasteiger partial charge in [-0.3, -0.25) is 0 Å². The van der Waals surface area contributed by atoms with Gasteiger partial charge in [0.25, 0.3) is 0 Å². The summed E-state index contributed by atoms with van der Waals surface area (Å²) in [6.07, 6.45) is 6.36. The Hall–Kier alpha value is -1.35. The highest BCUT2D eigenvalue weighted by Gasteiger charge is 2.15. The SMILES string of the molecule is Cn1c(CC2CCCCCN2)nc2ccccc21. The molecule has 2 heterocycles. The maximum atomic E-state index is 4.76. The van der Waals surface area contributed by atoms with Crippen LogP contribution in [0.4, 0.5) is 0 Å². The monoisotopic (exact) mass is 243 g/mol. The Morgan fingerprint density at radius 3 is 3.06 bits per heavy atom. The van der Waals surface area contributed by atoms with Gasteiger partial charge in [0.1, 0.15) is 5.82 Å². The van der Waals surface area contributed by atoms with Gasteiger partial charge in [-0.2, -0.15) is 0 Å². The molecular formula is C15H21N3. The topological polar surface area (TPSA) is 29.9 Å². The second-order valence-corrected chi connectivity index (χ2v) is 5.28. The highest BCUT2D eigenvalue weighted by atomic mass is 15.1. The number of aryl methyl sites for hydroxylation is 1. The van der Waals surface area contributed by atoms with Gasteiger partial charge in [-0.05, 0) is 31.5 Å². The lowest BCUT2D eigenvalue weighted by Crippen LogP contribution is -2.31. The first kappa shape index (κ1) is 11.7. The van der Waals surface area contributed by atoms with Crippen molar-refractivity contribution in [1.82, 2.24) is 14.9 Å². The van der Waals surface area contributed by atoms with E-state index in [-0.39, 0.29) is 0 Å². The predicted octanol–water partition coefficient (Wildman–Crippen LogP) is 2.65. The van der Waals surface area contributed by atoms with Crippen molar-refractivity contribution < 1.29 is 0 Å². The lowest BCUT2D eigenvalue weighted by Gasteiger charge is -2.15. The molecule has 3 nitrogen and oxygen atoms in total. The van der Waals surface area contributed by atoms with Gasteiger partial charge in [0, 0.05) is 19.5 Å². The Labute approximate surface area is 108 Å². The van der Waals surface area contributed by atoms with Gasteiger partial charge in [0.15, 0.2) is 0 Å². The molecule has 2 aromatic rings. The van der Waals surface area contributed by atoms with Crippen molar-refractivity contribution in [2.75, 3.05) is 6.54 Å². The van der Waals surface area contributed by atoms with Crippen molar-refractivity contribution in [2.45, 2.75) is 38.1 Å². The van der Waals surface area contributed by atoms with Crippen molar-refractivity contribution in [3.05, 3.63) is 30.1 Å². The molecule has 0 aliphatic carbocycles. The molecule has 0 saturated carbocycles. The molecule has 1 N–H and O–H groups in total. The summed E-state index contributed by atoms with van der Waals surface area (Å²) in [4.78, 5) is 4.76. The number of nitrogens with zero attached hydrogens (tertiary/aromatic N) is 2.